The van der Waals surface area contributed by atoms with Gasteiger partial charge in [0.1, 0.15) is 5.82 Å². The van der Waals surface area contributed by atoms with E-state index in [-0.39, 0.29) is 17.9 Å². The molecule has 2 nitrogen and oxygen atoms in total. The van der Waals surface area contributed by atoms with Crippen molar-refractivity contribution >= 4 is 0 Å². The van der Waals surface area contributed by atoms with Crippen LogP contribution in [-0.4, -0.2) is 23.5 Å². The number of nitrogens with two attached hydrogens (primary N) is 1. The monoisotopic (exact) mass is 264 g/mol. The van der Waals surface area contributed by atoms with Crippen molar-refractivity contribution in [2.45, 2.75) is 58.2 Å². The molecular formula is C16H25FN2. The fraction of sp³-hybridized carbons (Fsp3) is 0.625. The number of hydrogen-bond donors (Lipinski definition) is 1. The normalized spacial score (nSPS) is 25.6. The van der Waals surface area contributed by atoms with Gasteiger partial charge in [0.25, 0.3) is 0 Å². The van der Waals surface area contributed by atoms with Gasteiger partial charge in [0.2, 0.25) is 0 Å². The maximum absolute atomic E-state index is 13.8. The average Bonchev–Trinajstić information content (AvgIpc) is 2.55. The van der Waals surface area contributed by atoms with Crippen LogP contribution in [0.15, 0.2) is 18.2 Å². The van der Waals surface area contributed by atoms with Crippen LogP contribution in [0.1, 0.15) is 50.3 Å². The molecule has 0 saturated carbocycles. The standard InChI is InChI=1S/C16H25FN2/c1-11(2)19-9-5-4-6-15(18)16(19)13-8-7-12(3)14(17)10-13/h7-8,10-11,15-16H,4-6,9,18H2,1-3H3. The van der Waals surface area contributed by atoms with Crippen molar-refractivity contribution in [1.82, 2.24) is 4.90 Å². The van der Waals surface area contributed by atoms with Gasteiger partial charge in [-0.05, 0) is 57.4 Å². The number of nitrogens with zero attached hydrogens (tertiary/aromatic N) is 1. The van der Waals surface area contributed by atoms with Crippen LogP contribution in [0.4, 0.5) is 4.39 Å². The Morgan fingerprint density at radius 3 is 2.68 bits per heavy atom. The topological polar surface area (TPSA) is 29.3 Å². The summed E-state index contributed by atoms with van der Waals surface area (Å²) in [5, 5.41) is 0. The molecule has 0 spiro atoms. The first-order valence-corrected chi connectivity index (χ1v) is 7.28. The number of benzene rings is 1. The molecule has 1 saturated heterocycles. The lowest BCUT2D eigenvalue weighted by atomic mass is 9.94. The van der Waals surface area contributed by atoms with Crippen molar-refractivity contribution < 1.29 is 4.39 Å². The number of hydrogen-bond acceptors (Lipinski definition) is 2. The quantitative estimate of drug-likeness (QED) is 0.887. The van der Waals surface area contributed by atoms with Gasteiger partial charge in [-0.3, -0.25) is 4.90 Å². The van der Waals surface area contributed by atoms with Crippen LogP contribution < -0.4 is 5.73 Å². The van der Waals surface area contributed by atoms with Crippen LogP contribution in [0.25, 0.3) is 0 Å². The van der Waals surface area contributed by atoms with E-state index in [1.807, 2.05) is 12.1 Å². The molecule has 2 atom stereocenters. The van der Waals surface area contributed by atoms with Crippen LogP contribution in [0.3, 0.4) is 0 Å². The van der Waals surface area contributed by atoms with Crippen LogP contribution in [0.5, 0.6) is 0 Å². The summed E-state index contributed by atoms with van der Waals surface area (Å²) in [6.45, 7) is 7.23. The molecule has 1 fully saturated rings. The third-order valence-electron chi connectivity index (χ3n) is 4.17. The molecule has 2 unspecified atom stereocenters. The third-order valence-corrected chi connectivity index (χ3v) is 4.17. The van der Waals surface area contributed by atoms with Crippen molar-refractivity contribution in [3.8, 4) is 0 Å². The highest BCUT2D eigenvalue weighted by Crippen LogP contribution is 2.31. The highest BCUT2D eigenvalue weighted by molar-refractivity contribution is 5.27. The Kier molecular flexibility index (Phi) is 4.58. The van der Waals surface area contributed by atoms with E-state index in [9.17, 15) is 4.39 Å². The zero-order chi connectivity index (χ0) is 14.0. The molecule has 3 heteroatoms. The minimum atomic E-state index is -0.127. The van der Waals surface area contributed by atoms with Gasteiger partial charge in [-0.1, -0.05) is 18.6 Å². The zero-order valence-electron chi connectivity index (χ0n) is 12.2. The molecule has 106 valence electrons. The lowest BCUT2D eigenvalue weighted by Gasteiger charge is -2.36. The molecule has 0 aromatic heterocycles. The molecule has 1 heterocycles. The lowest BCUT2D eigenvalue weighted by Crippen LogP contribution is -2.43. The number of likely N-dealkylation sites (tertiary alicyclic amines) is 1. The highest BCUT2D eigenvalue weighted by atomic mass is 19.1. The van der Waals surface area contributed by atoms with Gasteiger partial charge >= 0.3 is 0 Å². The Balaban J connectivity index is 2.37. The Hall–Kier alpha value is -0.930. The molecule has 0 aliphatic carbocycles. The number of aryl methyl sites for hydroxylation is 1. The maximum Gasteiger partial charge on any atom is 0.126 e. The first-order chi connectivity index (χ1) is 9.00. The first kappa shape index (κ1) is 14.5. The fourth-order valence-corrected chi connectivity index (χ4v) is 3.03. The van der Waals surface area contributed by atoms with Crippen LogP contribution in [0.2, 0.25) is 0 Å². The summed E-state index contributed by atoms with van der Waals surface area (Å²) in [4.78, 5) is 2.42. The van der Waals surface area contributed by atoms with Crippen LogP contribution in [-0.2, 0) is 0 Å². The van der Waals surface area contributed by atoms with Gasteiger partial charge in [-0.15, -0.1) is 0 Å². The van der Waals surface area contributed by atoms with Gasteiger partial charge in [-0.2, -0.15) is 0 Å². The molecule has 1 aromatic carbocycles. The van der Waals surface area contributed by atoms with Crippen LogP contribution >= 0.6 is 0 Å². The molecule has 1 aliphatic heterocycles. The molecule has 19 heavy (non-hydrogen) atoms. The summed E-state index contributed by atoms with van der Waals surface area (Å²) in [6, 6.07) is 6.22. The van der Waals surface area contributed by atoms with E-state index in [0.29, 0.717) is 11.6 Å². The second-order valence-corrected chi connectivity index (χ2v) is 5.94. The summed E-state index contributed by atoms with van der Waals surface area (Å²) in [5.74, 6) is -0.127. The molecule has 1 aliphatic rings. The van der Waals surface area contributed by atoms with Crippen molar-refractivity contribution in [3.63, 3.8) is 0 Å². The van der Waals surface area contributed by atoms with Gasteiger partial charge in [-0.25, -0.2) is 4.39 Å². The van der Waals surface area contributed by atoms with E-state index in [2.05, 4.69) is 18.7 Å². The number of halogens is 1. The Morgan fingerprint density at radius 1 is 1.32 bits per heavy atom. The van der Waals surface area contributed by atoms with E-state index in [4.69, 9.17) is 5.73 Å². The number of rotatable bonds is 2. The predicted octanol–water partition coefficient (Wildman–Crippen LogP) is 3.40. The molecule has 2 N–H and O–H groups in total. The summed E-state index contributed by atoms with van der Waals surface area (Å²) < 4.78 is 13.8. The predicted molar refractivity (Wildman–Crippen MR) is 77.5 cm³/mol. The first-order valence-electron chi connectivity index (χ1n) is 7.28. The summed E-state index contributed by atoms with van der Waals surface area (Å²) in [6.07, 6.45) is 3.36. The smallest absolute Gasteiger partial charge is 0.126 e. The molecule has 0 bridgehead atoms. The maximum atomic E-state index is 13.8. The van der Waals surface area contributed by atoms with Crippen molar-refractivity contribution in [2.75, 3.05) is 6.54 Å². The minimum Gasteiger partial charge on any atom is -0.326 e. The fourth-order valence-electron chi connectivity index (χ4n) is 3.03. The van der Waals surface area contributed by atoms with Gasteiger partial charge in [0.05, 0.1) is 6.04 Å². The van der Waals surface area contributed by atoms with Gasteiger partial charge < -0.3 is 5.73 Å². The van der Waals surface area contributed by atoms with E-state index >= 15 is 0 Å². The van der Waals surface area contributed by atoms with E-state index in [1.165, 1.54) is 6.42 Å². The zero-order valence-corrected chi connectivity index (χ0v) is 12.2. The van der Waals surface area contributed by atoms with E-state index in [0.717, 1.165) is 24.9 Å². The Labute approximate surface area is 115 Å². The molecule has 1 aromatic rings. The summed E-state index contributed by atoms with van der Waals surface area (Å²) in [5.41, 5.74) is 8.08. The summed E-state index contributed by atoms with van der Waals surface area (Å²) in [7, 11) is 0. The van der Waals surface area contributed by atoms with Gasteiger partial charge in [0.15, 0.2) is 0 Å². The Bertz CT molecular complexity index is 431. The Morgan fingerprint density at radius 2 is 2.05 bits per heavy atom. The molecule has 0 radical (unpaired) electrons. The lowest BCUT2D eigenvalue weighted by molar-refractivity contribution is 0.144. The summed E-state index contributed by atoms with van der Waals surface area (Å²) >= 11 is 0. The molecule has 0 amide bonds. The molecular weight excluding hydrogens is 239 g/mol. The van der Waals surface area contributed by atoms with Gasteiger partial charge in [0, 0.05) is 12.1 Å². The van der Waals surface area contributed by atoms with E-state index in [1.54, 1.807) is 13.0 Å². The second kappa shape index (κ2) is 6.02. The van der Waals surface area contributed by atoms with E-state index < -0.39 is 0 Å². The van der Waals surface area contributed by atoms with Crippen molar-refractivity contribution in [3.05, 3.63) is 35.1 Å². The average molecular weight is 264 g/mol. The third kappa shape index (κ3) is 3.15. The second-order valence-electron chi connectivity index (χ2n) is 5.94. The van der Waals surface area contributed by atoms with Crippen molar-refractivity contribution in [2.24, 2.45) is 5.73 Å². The van der Waals surface area contributed by atoms with Crippen molar-refractivity contribution in [1.29, 1.82) is 0 Å². The largest absolute Gasteiger partial charge is 0.326 e. The molecule has 2 rings (SSSR count). The van der Waals surface area contributed by atoms with Crippen LogP contribution in [0, 0.1) is 12.7 Å². The highest BCUT2D eigenvalue weighted by Gasteiger charge is 2.30. The minimum absolute atomic E-state index is 0.0898. The SMILES string of the molecule is Cc1ccc(C2C(N)CCCCN2C(C)C)cc1F.